The van der Waals surface area contributed by atoms with Crippen LogP contribution in [0.4, 0.5) is 11.4 Å². The van der Waals surface area contributed by atoms with Crippen molar-refractivity contribution in [1.82, 2.24) is 0 Å². The Morgan fingerprint density at radius 3 is 2.50 bits per heavy atom. The Morgan fingerprint density at radius 1 is 1.06 bits per heavy atom. The summed E-state index contributed by atoms with van der Waals surface area (Å²) in [5, 5.41) is 12.7. The molecule has 18 heavy (non-hydrogen) atoms. The van der Waals surface area contributed by atoms with Crippen LogP contribution in [0.2, 0.25) is 5.02 Å². The van der Waals surface area contributed by atoms with E-state index in [0.29, 0.717) is 10.6 Å². The van der Waals surface area contributed by atoms with Crippen molar-refractivity contribution in [2.24, 2.45) is 0 Å². The van der Waals surface area contributed by atoms with E-state index in [4.69, 9.17) is 16.9 Å². The van der Waals surface area contributed by atoms with Crippen LogP contribution in [0.25, 0.3) is 0 Å². The second-order valence-corrected chi connectivity index (χ2v) is 5.70. The minimum absolute atomic E-state index is 0.603. The van der Waals surface area contributed by atoms with Crippen molar-refractivity contribution in [3.8, 4) is 6.07 Å². The number of halogens is 3. The molecule has 0 radical (unpaired) electrons. The summed E-state index contributed by atoms with van der Waals surface area (Å²) in [5.41, 5.74) is 2.36. The normalized spacial score (nSPS) is 9.89. The molecular weight excluding hydrogens is 379 g/mol. The standard InChI is InChI=1S/C13H7Br2ClN2/c14-11-4-2-9(16)5-13(11)18-10-3-1-8(7-17)12(15)6-10/h1-6,18H. The maximum absolute atomic E-state index is 8.85. The number of hydrogen-bond acceptors (Lipinski definition) is 2. The van der Waals surface area contributed by atoms with Gasteiger partial charge < -0.3 is 5.32 Å². The van der Waals surface area contributed by atoms with E-state index >= 15 is 0 Å². The fraction of sp³-hybridized carbons (Fsp3) is 0. The fourth-order valence-electron chi connectivity index (χ4n) is 1.43. The van der Waals surface area contributed by atoms with Gasteiger partial charge in [0, 0.05) is 19.7 Å². The minimum Gasteiger partial charge on any atom is -0.355 e. The summed E-state index contributed by atoms with van der Waals surface area (Å²) in [7, 11) is 0. The molecule has 90 valence electrons. The van der Waals surface area contributed by atoms with E-state index in [9.17, 15) is 0 Å². The van der Waals surface area contributed by atoms with Crippen molar-refractivity contribution in [2.75, 3.05) is 5.32 Å². The number of nitrogens with one attached hydrogen (secondary N) is 1. The average molecular weight is 386 g/mol. The van der Waals surface area contributed by atoms with Crippen LogP contribution in [0.1, 0.15) is 5.56 Å². The first kappa shape index (κ1) is 13.4. The van der Waals surface area contributed by atoms with Gasteiger partial charge in [-0.3, -0.25) is 0 Å². The lowest BCUT2D eigenvalue weighted by Gasteiger charge is -2.09. The van der Waals surface area contributed by atoms with E-state index in [1.165, 1.54) is 0 Å². The summed E-state index contributed by atoms with van der Waals surface area (Å²) in [5.74, 6) is 0. The minimum atomic E-state index is 0.603. The van der Waals surface area contributed by atoms with Crippen molar-refractivity contribution in [3.05, 3.63) is 55.9 Å². The smallest absolute Gasteiger partial charge is 0.100 e. The number of rotatable bonds is 2. The highest BCUT2D eigenvalue weighted by Crippen LogP contribution is 2.30. The fourth-order valence-corrected chi connectivity index (χ4v) is 2.42. The van der Waals surface area contributed by atoms with Gasteiger partial charge in [0.05, 0.1) is 11.3 Å². The number of nitriles is 1. The molecular formula is C13H7Br2ClN2. The summed E-state index contributed by atoms with van der Waals surface area (Å²) in [6.07, 6.45) is 0. The second-order valence-electron chi connectivity index (χ2n) is 3.56. The molecule has 0 aliphatic rings. The molecule has 2 aromatic carbocycles. The van der Waals surface area contributed by atoms with Crippen molar-refractivity contribution in [1.29, 1.82) is 5.26 Å². The van der Waals surface area contributed by atoms with Crippen LogP contribution in [0.15, 0.2) is 45.3 Å². The van der Waals surface area contributed by atoms with E-state index in [2.05, 4.69) is 43.2 Å². The Hall–Kier alpha value is -1.02. The van der Waals surface area contributed by atoms with Crippen molar-refractivity contribution < 1.29 is 0 Å². The highest BCUT2D eigenvalue weighted by Gasteiger charge is 2.04. The molecule has 0 spiro atoms. The lowest BCUT2D eigenvalue weighted by Crippen LogP contribution is -1.92. The van der Waals surface area contributed by atoms with Gasteiger partial charge in [0.1, 0.15) is 6.07 Å². The van der Waals surface area contributed by atoms with E-state index < -0.39 is 0 Å². The van der Waals surface area contributed by atoms with E-state index in [1.54, 1.807) is 6.07 Å². The quantitative estimate of drug-likeness (QED) is 0.742. The average Bonchev–Trinajstić information content (AvgIpc) is 2.34. The van der Waals surface area contributed by atoms with E-state index in [-0.39, 0.29) is 0 Å². The lowest BCUT2D eigenvalue weighted by atomic mass is 10.2. The number of hydrogen-bond donors (Lipinski definition) is 1. The first-order valence-corrected chi connectivity index (χ1v) is 6.98. The van der Waals surface area contributed by atoms with Gasteiger partial charge in [-0.1, -0.05) is 11.6 Å². The summed E-state index contributed by atoms with van der Waals surface area (Å²) in [4.78, 5) is 0. The number of benzene rings is 2. The predicted octanol–water partition coefficient (Wildman–Crippen LogP) is 5.48. The highest BCUT2D eigenvalue weighted by atomic mass is 79.9. The highest BCUT2D eigenvalue weighted by molar-refractivity contribution is 9.11. The molecule has 0 unspecified atom stereocenters. The maximum Gasteiger partial charge on any atom is 0.100 e. The van der Waals surface area contributed by atoms with Gasteiger partial charge in [-0.25, -0.2) is 0 Å². The van der Waals surface area contributed by atoms with Crippen LogP contribution in [0, 0.1) is 11.3 Å². The topological polar surface area (TPSA) is 35.8 Å². The summed E-state index contributed by atoms with van der Waals surface area (Å²) >= 11 is 12.8. The summed E-state index contributed by atoms with van der Waals surface area (Å²) < 4.78 is 1.68. The molecule has 2 aromatic rings. The van der Waals surface area contributed by atoms with E-state index in [0.717, 1.165) is 20.3 Å². The van der Waals surface area contributed by atoms with Gasteiger partial charge in [0.25, 0.3) is 0 Å². The number of nitrogens with zero attached hydrogens (tertiary/aromatic N) is 1. The molecule has 0 heterocycles. The van der Waals surface area contributed by atoms with E-state index in [1.807, 2.05) is 30.3 Å². The van der Waals surface area contributed by atoms with Crippen LogP contribution in [-0.2, 0) is 0 Å². The Bertz CT molecular complexity index is 635. The monoisotopic (exact) mass is 384 g/mol. The molecule has 0 aliphatic heterocycles. The second kappa shape index (κ2) is 5.75. The predicted molar refractivity (Wildman–Crippen MR) is 81.3 cm³/mol. The third-order valence-corrected chi connectivity index (χ3v) is 3.88. The molecule has 0 aromatic heterocycles. The third-order valence-electron chi connectivity index (χ3n) is 2.30. The van der Waals surface area contributed by atoms with Crippen LogP contribution >= 0.6 is 43.5 Å². The first-order valence-electron chi connectivity index (χ1n) is 5.02. The first-order chi connectivity index (χ1) is 8.60. The Kier molecular flexibility index (Phi) is 4.28. The molecule has 0 aliphatic carbocycles. The molecule has 0 saturated carbocycles. The van der Waals surface area contributed by atoms with Crippen molar-refractivity contribution >= 4 is 54.8 Å². The van der Waals surface area contributed by atoms with Crippen LogP contribution in [0.3, 0.4) is 0 Å². The molecule has 0 atom stereocenters. The molecule has 1 N–H and O–H groups in total. The SMILES string of the molecule is N#Cc1ccc(Nc2cc(Cl)ccc2Br)cc1Br. The Labute approximate surface area is 127 Å². The third kappa shape index (κ3) is 3.05. The van der Waals surface area contributed by atoms with Gasteiger partial charge in [-0.05, 0) is 68.3 Å². The van der Waals surface area contributed by atoms with Gasteiger partial charge >= 0.3 is 0 Å². The zero-order valence-electron chi connectivity index (χ0n) is 9.05. The Morgan fingerprint density at radius 2 is 1.83 bits per heavy atom. The molecule has 0 fully saturated rings. The number of anilines is 2. The van der Waals surface area contributed by atoms with Gasteiger partial charge in [0.15, 0.2) is 0 Å². The Balaban J connectivity index is 2.32. The zero-order valence-corrected chi connectivity index (χ0v) is 13.0. The van der Waals surface area contributed by atoms with Crippen LogP contribution in [0.5, 0.6) is 0 Å². The molecule has 5 heteroatoms. The molecule has 0 bridgehead atoms. The van der Waals surface area contributed by atoms with Gasteiger partial charge in [-0.2, -0.15) is 5.26 Å². The molecule has 2 nitrogen and oxygen atoms in total. The van der Waals surface area contributed by atoms with Crippen LogP contribution < -0.4 is 5.32 Å². The van der Waals surface area contributed by atoms with Crippen LogP contribution in [-0.4, -0.2) is 0 Å². The van der Waals surface area contributed by atoms with Crippen molar-refractivity contribution in [3.63, 3.8) is 0 Å². The van der Waals surface area contributed by atoms with Gasteiger partial charge in [-0.15, -0.1) is 0 Å². The summed E-state index contributed by atoms with van der Waals surface area (Å²) in [6, 6.07) is 13.1. The lowest BCUT2D eigenvalue weighted by molar-refractivity contribution is 1.45. The van der Waals surface area contributed by atoms with Gasteiger partial charge in [0.2, 0.25) is 0 Å². The molecule has 0 saturated heterocycles. The maximum atomic E-state index is 8.85. The van der Waals surface area contributed by atoms with Crippen molar-refractivity contribution in [2.45, 2.75) is 0 Å². The molecule has 2 rings (SSSR count). The zero-order chi connectivity index (χ0) is 13.1. The molecule has 0 amide bonds. The largest absolute Gasteiger partial charge is 0.355 e. The summed E-state index contributed by atoms with van der Waals surface area (Å²) in [6.45, 7) is 0.